The molecule has 140 valence electrons. The van der Waals surface area contributed by atoms with Crippen LogP contribution in [0.2, 0.25) is 0 Å². The summed E-state index contributed by atoms with van der Waals surface area (Å²) in [6.07, 6.45) is 2.69. The van der Waals surface area contributed by atoms with Crippen molar-refractivity contribution in [2.24, 2.45) is 0 Å². The van der Waals surface area contributed by atoms with Gasteiger partial charge in [-0.3, -0.25) is 9.59 Å². The van der Waals surface area contributed by atoms with E-state index in [0.717, 1.165) is 22.6 Å². The van der Waals surface area contributed by atoms with Gasteiger partial charge in [-0.25, -0.2) is 0 Å². The smallest absolute Gasteiger partial charge is 0.262 e. The molecule has 0 aromatic heterocycles. The molecule has 6 heteroatoms. The summed E-state index contributed by atoms with van der Waals surface area (Å²) in [6, 6.07) is 13.0. The fourth-order valence-corrected chi connectivity index (χ4v) is 3.53. The molecule has 1 aliphatic heterocycles. The van der Waals surface area contributed by atoms with Crippen molar-refractivity contribution in [1.29, 1.82) is 0 Å². The first-order valence-corrected chi connectivity index (χ1v) is 9.61. The van der Waals surface area contributed by atoms with Crippen LogP contribution < -0.4 is 15.4 Å². The van der Waals surface area contributed by atoms with E-state index in [0.29, 0.717) is 16.2 Å². The third-order valence-electron chi connectivity index (χ3n) is 4.32. The fraction of sp³-hybridized carbons (Fsp3) is 0.238. The van der Waals surface area contributed by atoms with Gasteiger partial charge in [0.25, 0.3) is 11.8 Å². The lowest BCUT2D eigenvalue weighted by Crippen LogP contribution is -2.32. The number of methoxy groups -OCH3 is 1. The van der Waals surface area contributed by atoms with E-state index < -0.39 is 0 Å². The van der Waals surface area contributed by atoms with E-state index in [1.165, 1.54) is 11.8 Å². The van der Waals surface area contributed by atoms with Gasteiger partial charge >= 0.3 is 0 Å². The van der Waals surface area contributed by atoms with Crippen molar-refractivity contribution in [1.82, 2.24) is 5.32 Å². The van der Waals surface area contributed by atoms with Gasteiger partial charge in [0.15, 0.2) is 0 Å². The van der Waals surface area contributed by atoms with Crippen LogP contribution in [-0.4, -0.2) is 25.0 Å². The summed E-state index contributed by atoms with van der Waals surface area (Å²) in [7, 11) is 1.61. The van der Waals surface area contributed by atoms with Crippen molar-refractivity contribution in [3.8, 4) is 5.75 Å². The molecule has 1 unspecified atom stereocenters. The number of hydrogen-bond acceptors (Lipinski definition) is 4. The van der Waals surface area contributed by atoms with E-state index in [9.17, 15) is 9.59 Å². The van der Waals surface area contributed by atoms with Crippen LogP contribution in [0.5, 0.6) is 5.75 Å². The Labute approximate surface area is 163 Å². The lowest BCUT2D eigenvalue weighted by Gasteiger charge is -2.20. The van der Waals surface area contributed by atoms with Gasteiger partial charge in [0.1, 0.15) is 5.75 Å². The summed E-state index contributed by atoms with van der Waals surface area (Å²) in [5.74, 6) is 0.418. The van der Waals surface area contributed by atoms with Crippen LogP contribution in [0.1, 0.15) is 36.2 Å². The Balaban J connectivity index is 1.82. The van der Waals surface area contributed by atoms with Crippen molar-refractivity contribution in [2.45, 2.75) is 31.2 Å². The monoisotopic (exact) mass is 382 g/mol. The predicted octanol–water partition coefficient (Wildman–Crippen LogP) is 4.31. The van der Waals surface area contributed by atoms with E-state index >= 15 is 0 Å². The summed E-state index contributed by atoms with van der Waals surface area (Å²) in [6.45, 7) is 3.98. The molecule has 27 heavy (non-hydrogen) atoms. The van der Waals surface area contributed by atoms with Crippen molar-refractivity contribution < 1.29 is 14.3 Å². The molecule has 1 aliphatic rings. The molecule has 5 nitrogen and oxygen atoms in total. The molecule has 0 radical (unpaired) electrons. The number of rotatable bonds is 5. The number of carbonyl (C=O) groups is 2. The molecule has 2 N–H and O–H groups in total. The van der Waals surface area contributed by atoms with Crippen LogP contribution in [0.3, 0.4) is 0 Å². The molecule has 2 aromatic carbocycles. The number of nitrogens with one attached hydrogen (secondary N) is 2. The summed E-state index contributed by atoms with van der Waals surface area (Å²) >= 11 is 1.39. The van der Waals surface area contributed by atoms with E-state index in [4.69, 9.17) is 4.74 Å². The Morgan fingerprint density at radius 2 is 2.11 bits per heavy atom. The van der Waals surface area contributed by atoms with E-state index in [-0.39, 0.29) is 17.9 Å². The zero-order chi connectivity index (χ0) is 19.4. The van der Waals surface area contributed by atoms with E-state index in [1.54, 1.807) is 19.2 Å². The maximum absolute atomic E-state index is 12.5. The van der Waals surface area contributed by atoms with Gasteiger partial charge in [-0.05, 0) is 55.3 Å². The molecule has 1 atom stereocenters. The largest absolute Gasteiger partial charge is 0.497 e. The fourth-order valence-electron chi connectivity index (χ4n) is 2.59. The van der Waals surface area contributed by atoms with Gasteiger partial charge in [-0.1, -0.05) is 30.8 Å². The minimum Gasteiger partial charge on any atom is -0.497 e. The van der Waals surface area contributed by atoms with Gasteiger partial charge in [-0.2, -0.15) is 0 Å². The van der Waals surface area contributed by atoms with Crippen LogP contribution in [0.25, 0.3) is 6.08 Å². The van der Waals surface area contributed by atoms with Crippen molar-refractivity contribution >= 4 is 35.3 Å². The van der Waals surface area contributed by atoms with Crippen LogP contribution in [0, 0.1) is 0 Å². The van der Waals surface area contributed by atoms with Crippen LogP contribution in [0.4, 0.5) is 5.69 Å². The van der Waals surface area contributed by atoms with Gasteiger partial charge in [0.05, 0.1) is 17.7 Å². The Kier molecular flexibility index (Phi) is 5.86. The first-order chi connectivity index (χ1) is 13.0. The Morgan fingerprint density at radius 3 is 2.85 bits per heavy atom. The highest BCUT2D eigenvalue weighted by Crippen LogP contribution is 2.39. The molecule has 0 bridgehead atoms. The average Bonchev–Trinajstić information content (AvgIpc) is 2.68. The van der Waals surface area contributed by atoms with E-state index in [2.05, 4.69) is 10.6 Å². The molecule has 0 fully saturated rings. The zero-order valence-electron chi connectivity index (χ0n) is 15.5. The lowest BCUT2D eigenvalue weighted by molar-refractivity contribution is -0.112. The topological polar surface area (TPSA) is 67.4 Å². The molecular weight excluding hydrogens is 360 g/mol. The first kappa shape index (κ1) is 19.0. The number of hydrogen-bond donors (Lipinski definition) is 2. The van der Waals surface area contributed by atoms with Gasteiger partial charge in [0.2, 0.25) is 0 Å². The molecule has 1 heterocycles. The lowest BCUT2D eigenvalue weighted by atomic mass is 10.1. The summed E-state index contributed by atoms with van der Waals surface area (Å²) < 4.78 is 5.22. The number of amides is 2. The third-order valence-corrected chi connectivity index (χ3v) is 5.41. The Hall–Kier alpha value is -2.73. The number of thioether (sulfide) groups is 1. The van der Waals surface area contributed by atoms with Crippen LogP contribution >= 0.6 is 11.8 Å². The first-order valence-electron chi connectivity index (χ1n) is 8.80. The molecule has 0 aliphatic carbocycles. The summed E-state index contributed by atoms with van der Waals surface area (Å²) in [5, 5.41) is 5.82. The number of ether oxygens (including phenoxy) is 1. The highest BCUT2D eigenvalue weighted by molar-refractivity contribution is 8.04. The Morgan fingerprint density at radius 1 is 1.30 bits per heavy atom. The van der Waals surface area contributed by atoms with Crippen LogP contribution in [-0.2, 0) is 4.79 Å². The molecule has 2 amide bonds. The van der Waals surface area contributed by atoms with Gasteiger partial charge in [-0.15, -0.1) is 0 Å². The molecular formula is C21H22N2O3S. The zero-order valence-corrected chi connectivity index (χ0v) is 16.4. The minimum absolute atomic E-state index is 0.106. The quantitative estimate of drug-likeness (QED) is 0.756. The second-order valence-corrected chi connectivity index (χ2v) is 7.42. The van der Waals surface area contributed by atoms with Gasteiger partial charge < -0.3 is 15.4 Å². The summed E-state index contributed by atoms with van der Waals surface area (Å²) in [4.78, 5) is 26.3. The molecule has 0 saturated heterocycles. The normalized spacial score (nSPS) is 15.7. The second-order valence-electron chi connectivity index (χ2n) is 6.34. The minimum atomic E-state index is -0.185. The summed E-state index contributed by atoms with van der Waals surface area (Å²) in [5.41, 5.74) is 2.08. The molecule has 3 rings (SSSR count). The molecule has 0 saturated carbocycles. The number of benzene rings is 2. The average molecular weight is 382 g/mol. The molecule has 0 spiro atoms. The number of fused-ring (bicyclic) bond motifs is 1. The maximum atomic E-state index is 12.5. The number of carbonyl (C=O) groups excluding carboxylic acids is 2. The second kappa shape index (κ2) is 8.31. The number of anilines is 1. The predicted molar refractivity (Wildman–Crippen MR) is 109 cm³/mol. The maximum Gasteiger partial charge on any atom is 0.262 e. The molecule has 2 aromatic rings. The van der Waals surface area contributed by atoms with Crippen molar-refractivity contribution in [3.05, 3.63) is 58.5 Å². The third kappa shape index (κ3) is 4.52. The highest BCUT2D eigenvalue weighted by atomic mass is 32.2. The highest BCUT2D eigenvalue weighted by Gasteiger charge is 2.22. The van der Waals surface area contributed by atoms with Gasteiger partial charge in [0, 0.05) is 16.5 Å². The van der Waals surface area contributed by atoms with Crippen molar-refractivity contribution in [2.75, 3.05) is 12.4 Å². The van der Waals surface area contributed by atoms with E-state index in [1.807, 2.05) is 50.3 Å². The van der Waals surface area contributed by atoms with Crippen molar-refractivity contribution in [3.63, 3.8) is 0 Å². The van der Waals surface area contributed by atoms with Crippen LogP contribution in [0.15, 0.2) is 52.3 Å². The standard InChI is InChI=1S/C21H22N2O3S/c1-4-13(2)22-20(24)15-8-9-18-17(12-15)23-21(25)19(27-18)11-14-6-5-7-16(10-14)26-3/h5-13H,4H2,1-3H3,(H,22,24)(H,23,25)/b19-11+. The Bertz CT molecular complexity index is 908. The SMILES string of the molecule is CCC(C)NC(=O)c1ccc2c(c1)NC(=O)/C(=C\c1cccc(OC)c1)S2.